The lowest BCUT2D eigenvalue weighted by Gasteiger charge is -2.14. The van der Waals surface area contributed by atoms with E-state index in [4.69, 9.17) is 5.73 Å². The van der Waals surface area contributed by atoms with Crippen LogP contribution in [0.15, 0.2) is 6.07 Å². The van der Waals surface area contributed by atoms with Crippen molar-refractivity contribution in [3.05, 3.63) is 11.8 Å². The number of hydrogen-bond acceptors (Lipinski definition) is 3. The van der Waals surface area contributed by atoms with Crippen LogP contribution in [0.2, 0.25) is 0 Å². The molecule has 1 aromatic heterocycles. The first-order valence-electron chi connectivity index (χ1n) is 5.79. The second-order valence-corrected chi connectivity index (χ2v) is 5.03. The summed E-state index contributed by atoms with van der Waals surface area (Å²) in [5.74, 6) is 1.12. The van der Waals surface area contributed by atoms with Crippen LogP contribution in [0, 0.1) is 11.3 Å². The molecule has 2 fully saturated rings. The summed E-state index contributed by atoms with van der Waals surface area (Å²) >= 11 is 0. The number of amides is 1. The van der Waals surface area contributed by atoms with Gasteiger partial charge in [-0.15, -0.1) is 0 Å². The molecule has 1 aromatic rings. The fourth-order valence-corrected chi connectivity index (χ4v) is 2.39. The van der Waals surface area contributed by atoms with Crippen LogP contribution in [0.25, 0.3) is 0 Å². The highest BCUT2D eigenvalue weighted by molar-refractivity contribution is 5.92. The third-order valence-corrected chi connectivity index (χ3v) is 3.78. The average Bonchev–Trinajstić information content (AvgIpc) is 3.14. The van der Waals surface area contributed by atoms with Crippen molar-refractivity contribution in [1.29, 1.82) is 0 Å². The van der Waals surface area contributed by atoms with Gasteiger partial charge in [-0.3, -0.25) is 9.89 Å². The van der Waals surface area contributed by atoms with E-state index >= 15 is 0 Å². The van der Waals surface area contributed by atoms with E-state index < -0.39 is 0 Å². The highest BCUT2D eigenvalue weighted by atomic mass is 16.1. The minimum atomic E-state index is -0.101. The minimum absolute atomic E-state index is 0.101. The predicted molar refractivity (Wildman–Crippen MR) is 59.7 cm³/mol. The SMILES string of the molecule is Nc1cc(C(=O)NCC2(C3CC3)CC2)[nH]n1. The Morgan fingerprint density at radius 2 is 2.38 bits per heavy atom. The second kappa shape index (κ2) is 3.23. The van der Waals surface area contributed by atoms with E-state index in [1.54, 1.807) is 6.07 Å². The Kier molecular flexibility index (Phi) is 1.96. The third kappa shape index (κ3) is 1.66. The third-order valence-electron chi connectivity index (χ3n) is 3.78. The molecule has 0 saturated heterocycles. The summed E-state index contributed by atoms with van der Waals surface area (Å²) in [7, 11) is 0. The smallest absolute Gasteiger partial charge is 0.269 e. The molecule has 4 N–H and O–H groups in total. The maximum Gasteiger partial charge on any atom is 0.269 e. The van der Waals surface area contributed by atoms with Crippen LogP contribution in [-0.2, 0) is 0 Å². The molecular formula is C11H16N4O. The standard InChI is InChI=1S/C11H16N4O/c12-9-5-8(14-15-9)10(16)13-6-11(3-4-11)7-1-2-7/h5,7H,1-4,6H2,(H,13,16)(H3,12,14,15). The normalized spacial score (nSPS) is 21.8. The summed E-state index contributed by atoms with van der Waals surface area (Å²) in [6.07, 6.45) is 5.21. The summed E-state index contributed by atoms with van der Waals surface area (Å²) in [5, 5.41) is 9.33. The summed E-state index contributed by atoms with van der Waals surface area (Å²) in [6.45, 7) is 0.801. The Morgan fingerprint density at radius 3 is 2.88 bits per heavy atom. The monoisotopic (exact) mass is 220 g/mol. The fraction of sp³-hybridized carbons (Fsp3) is 0.636. The molecule has 1 amide bonds. The highest BCUT2D eigenvalue weighted by Crippen LogP contribution is 2.60. The molecule has 16 heavy (non-hydrogen) atoms. The predicted octanol–water partition coefficient (Wildman–Crippen LogP) is 0.912. The quantitative estimate of drug-likeness (QED) is 0.705. The zero-order valence-corrected chi connectivity index (χ0v) is 9.12. The van der Waals surface area contributed by atoms with E-state index in [1.807, 2.05) is 0 Å². The molecule has 2 aliphatic rings. The number of carbonyl (C=O) groups is 1. The molecule has 2 aliphatic carbocycles. The first kappa shape index (κ1) is 9.69. The average molecular weight is 220 g/mol. The Hall–Kier alpha value is -1.52. The second-order valence-electron chi connectivity index (χ2n) is 5.03. The lowest BCUT2D eigenvalue weighted by molar-refractivity contribution is 0.0937. The number of aromatic nitrogens is 2. The van der Waals surface area contributed by atoms with Gasteiger partial charge in [0.05, 0.1) is 0 Å². The first-order valence-corrected chi connectivity index (χ1v) is 5.79. The Bertz CT molecular complexity index is 417. The number of aromatic amines is 1. The number of rotatable bonds is 4. The van der Waals surface area contributed by atoms with Crippen LogP contribution in [0.4, 0.5) is 5.82 Å². The molecule has 3 rings (SSSR count). The van der Waals surface area contributed by atoms with Crippen molar-refractivity contribution in [2.45, 2.75) is 25.7 Å². The van der Waals surface area contributed by atoms with Crippen LogP contribution >= 0.6 is 0 Å². The van der Waals surface area contributed by atoms with E-state index in [0.717, 1.165) is 12.5 Å². The molecule has 0 aliphatic heterocycles. The first-order chi connectivity index (χ1) is 7.70. The van der Waals surface area contributed by atoms with Gasteiger partial charge < -0.3 is 11.1 Å². The summed E-state index contributed by atoms with van der Waals surface area (Å²) in [5.41, 5.74) is 6.33. The van der Waals surface area contributed by atoms with Crippen molar-refractivity contribution in [3.63, 3.8) is 0 Å². The van der Waals surface area contributed by atoms with Crippen LogP contribution in [0.3, 0.4) is 0 Å². The van der Waals surface area contributed by atoms with Gasteiger partial charge in [0.25, 0.3) is 5.91 Å². The van der Waals surface area contributed by atoms with Crippen molar-refractivity contribution in [2.24, 2.45) is 11.3 Å². The van der Waals surface area contributed by atoms with E-state index in [1.165, 1.54) is 25.7 Å². The fourth-order valence-electron chi connectivity index (χ4n) is 2.39. The molecule has 5 nitrogen and oxygen atoms in total. The van der Waals surface area contributed by atoms with Crippen molar-refractivity contribution < 1.29 is 4.79 Å². The molecule has 2 saturated carbocycles. The highest BCUT2D eigenvalue weighted by Gasteiger charge is 2.53. The zero-order valence-electron chi connectivity index (χ0n) is 9.12. The van der Waals surface area contributed by atoms with Crippen LogP contribution in [0.1, 0.15) is 36.2 Å². The van der Waals surface area contributed by atoms with Gasteiger partial charge in [0, 0.05) is 12.6 Å². The largest absolute Gasteiger partial charge is 0.382 e. The van der Waals surface area contributed by atoms with Gasteiger partial charge in [0.15, 0.2) is 0 Å². The summed E-state index contributed by atoms with van der Waals surface area (Å²) in [6, 6.07) is 1.56. The molecular weight excluding hydrogens is 204 g/mol. The number of hydrogen-bond donors (Lipinski definition) is 3. The number of H-pyrrole nitrogens is 1. The summed E-state index contributed by atoms with van der Waals surface area (Å²) in [4.78, 5) is 11.7. The number of nitrogen functional groups attached to an aromatic ring is 1. The van der Waals surface area contributed by atoms with Gasteiger partial charge >= 0.3 is 0 Å². The molecule has 86 valence electrons. The molecule has 0 bridgehead atoms. The van der Waals surface area contributed by atoms with Crippen molar-refractivity contribution in [3.8, 4) is 0 Å². The minimum Gasteiger partial charge on any atom is -0.382 e. The van der Waals surface area contributed by atoms with Crippen molar-refractivity contribution in [2.75, 3.05) is 12.3 Å². The van der Waals surface area contributed by atoms with Gasteiger partial charge in [0.1, 0.15) is 11.5 Å². The Balaban J connectivity index is 1.57. The number of nitrogens with two attached hydrogens (primary N) is 1. The topological polar surface area (TPSA) is 83.8 Å². The van der Waals surface area contributed by atoms with E-state index in [2.05, 4.69) is 15.5 Å². The maximum absolute atomic E-state index is 11.7. The number of nitrogens with zero attached hydrogens (tertiary/aromatic N) is 1. The molecule has 1 heterocycles. The molecule has 0 spiro atoms. The number of carbonyl (C=O) groups excluding carboxylic acids is 1. The van der Waals surface area contributed by atoms with Crippen LogP contribution in [0.5, 0.6) is 0 Å². The number of anilines is 1. The van der Waals surface area contributed by atoms with Gasteiger partial charge in [-0.25, -0.2) is 0 Å². The van der Waals surface area contributed by atoms with Gasteiger partial charge in [-0.1, -0.05) is 0 Å². The lowest BCUT2D eigenvalue weighted by atomic mass is 10.0. The van der Waals surface area contributed by atoms with E-state index in [9.17, 15) is 4.79 Å². The molecule has 0 radical (unpaired) electrons. The Morgan fingerprint density at radius 1 is 1.62 bits per heavy atom. The maximum atomic E-state index is 11.7. The van der Waals surface area contributed by atoms with Crippen LogP contribution < -0.4 is 11.1 Å². The van der Waals surface area contributed by atoms with Crippen molar-refractivity contribution >= 4 is 11.7 Å². The number of nitrogens with one attached hydrogen (secondary N) is 2. The Labute approximate surface area is 93.8 Å². The molecule has 5 heteroatoms. The van der Waals surface area contributed by atoms with E-state index in [-0.39, 0.29) is 5.91 Å². The summed E-state index contributed by atoms with van der Waals surface area (Å²) < 4.78 is 0. The van der Waals surface area contributed by atoms with Crippen molar-refractivity contribution in [1.82, 2.24) is 15.5 Å². The zero-order chi connectivity index (χ0) is 11.2. The molecule has 0 atom stereocenters. The van der Waals surface area contributed by atoms with Gasteiger partial charge in [-0.05, 0) is 37.0 Å². The van der Waals surface area contributed by atoms with E-state index in [0.29, 0.717) is 16.9 Å². The van der Waals surface area contributed by atoms with Gasteiger partial charge in [0.2, 0.25) is 0 Å². The van der Waals surface area contributed by atoms with Gasteiger partial charge in [-0.2, -0.15) is 5.10 Å². The lowest BCUT2D eigenvalue weighted by Crippen LogP contribution is -2.31. The molecule has 0 aromatic carbocycles. The molecule has 0 unspecified atom stereocenters. The van der Waals surface area contributed by atoms with Crippen LogP contribution in [-0.4, -0.2) is 22.6 Å².